The molecule has 3 nitrogen and oxygen atoms in total. The average molecular weight is 457 g/mol. The van der Waals surface area contributed by atoms with Gasteiger partial charge in [0.15, 0.2) is 5.75 Å². The molecule has 6 heteroatoms. The Kier molecular flexibility index (Phi) is 5.23. The topological polar surface area (TPSA) is 29.5 Å². The number of carbonyl (C=O) groups excluding carboxylic acids is 1. The number of benzene rings is 1. The summed E-state index contributed by atoms with van der Waals surface area (Å²) in [6, 6.07) is 8.02. The lowest BCUT2D eigenvalue weighted by molar-refractivity contribution is 0.158. The van der Waals surface area contributed by atoms with Crippen molar-refractivity contribution in [1.82, 2.24) is 4.90 Å². The predicted octanol–water partition coefficient (Wildman–Crippen LogP) is 6.08. The summed E-state index contributed by atoms with van der Waals surface area (Å²) in [4.78, 5) is 15.2. The molecule has 0 aliphatic carbocycles. The molecule has 0 N–H and O–H groups in total. The molecule has 0 aliphatic rings. The standard InChI is InChI=1S/C17H16INO2S2/c1-3-19(4-2)17(20)21-13-7-5-6-12-14(18)15(23-16(12)13)11-8-9-22-10-11/h5-10H,3-4H2,1-2H3. The van der Waals surface area contributed by atoms with Crippen LogP contribution in [0.3, 0.4) is 0 Å². The molecular formula is C17H16INO2S2. The predicted molar refractivity (Wildman–Crippen MR) is 107 cm³/mol. The average Bonchev–Trinajstić information content (AvgIpc) is 3.18. The number of fused-ring (bicyclic) bond motifs is 1. The van der Waals surface area contributed by atoms with Crippen molar-refractivity contribution in [2.24, 2.45) is 0 Å². The van der Waals surface area contributed by atoms with Gasteiger partial charge in [0.25, 0.3) is 0 Å². The molecule has 2 aromatic heterocycles. The smallest absolute Gasteiger partial charge is 0.409 e. The minimum absolute atomic E-state index is 0.289. The van der Waals surface area contributed by atoms with Gasteiger partial charge in [-0.25, -0.2) is 4.79 Å². The van der Waals surface area contributed by atoms with Gasteiger partial charge in [0.2, 0.25) is 0 Å². The minimum atomic E-state index is -0.289. The van der Waals surface area contributed by atoms with Crippen molar-refractivity contribution in [2.45, 2.75) is 13.8 Å². The Morgan fingerprint density at radius 3 is 2.70 bits per heavy atom. The van der Waals surface area contributed by atoms with Crippen LogP contribution in [0, 0.1) is 3.57 Å². The zero-order valence-corrected chi connectivity index (χ0v) is 16.6. The third-order valence-electron chi connectivity index (χ3n) is 3.62. The van der Waals surface area contributed by atoms with Crippen molar-refractivity contribution < 1.29 is 9.53 Å². The lowest BCUT2D eigenvalue weighted by Gasteiger charge is -2.18. The van der Waals surface area contributed by atoms with E-state index in [2.05, 4.69) is 45.5 Å². The van der Waals surface area contributed by atoms with Gasteiger partial charge in [0.1, 0.15) is 0 Å². The van der Waals surface area contributed by atoms with Crippen molar-refractivity contribution in [2.75, 3.05) is 13.1 Å². The summed E-state index contributed by atoms with van der Waals surface area (Å²) >= 11 is 5.75. The van der Waals surface area contributed by atoms with Crippen LogP contribution in [0.1, 0.15) is 13.8 Å². The molecule has 0 atom stereocenters. The Morgan fingerprint density at radius 1 is 1.26 bits per heavy atom. The molecule has 2 heterocycles. The molecule has 3 rings (SSSR count). The SMILES string of the molecule is CCN(CC)C(=O)Oc1cccc2c(I)c(-c3ccsc3)sc12. The van der Waals surface area contributed by atoms with Gasteiger partial charge in [-0.3, -0.25) is 0 Å². The Bertz CT molecular complexity index is 823. The van der Waals surface area contributed by atoms with Gasteiger partial charge in [-0.2, -0.15) is 11.3 Å². The molecule has 0 fully saturated rings. The highest BCUT2D eigenvalue weighted by Crippen LogP contribution is 2.43. The van der Waals surface area contributed by atoms with E-state index in [9.17, 15) is 4.79 Å². The summed E-state index contributed by atoms with van der Waals surface area (Å²) in [5.74, 6) is 0.642. The Morgan fingerprint density at radius 2 is 2.04 bits per heavy atom. The molecule has 3 aromatic rings. The highest BCUT2D eigenvalue weighted by molar-refractivity contribution is 14.1. The first-order valence-corrected chi connectivity index (χ1v) is 10.2. The fourth-order valence-corrected chi connectivity index (χ4v) is 5.50. The molecule has 1 amide bonds. The fraction of sp³-hybridized carbons (Fsp3) is 0.235. The fourth-order valence-electron chi connectivity index (χ4n) is 2.36. The third-order valence-corrected chi connectivity index (χ3v) is 7.06. The van der Waals surface area contributed by atoms with Crippen molar-refractivity contribution in [3.63, 3.8) is 0 Å². The molecule has 23 heavy (non-hydrogen) atoms. The Hall–Kier alpha value is -1.12. The Labute approximate surface area is 157 Å². The summed E-state index contributed by atoms with van der Waals surface area (Å²) in [7, 11) is 0. The van der Waals surface area contributed by atoms with Crippen LogP contribution in [-0.4, -0.2) is 24.1 Å². The van der Waals surface area contributed by atoms with E-state index < -0.39 is 0 Å². The number of nitrogens with zero attached hydrogens (tertiary/aromatic N) is 1. The number of rotatable bonds is 4. The molecular weight excluding hydrogens is 441 g/mol. The van der Waals surface area contributed by atoms with Crippen LogP contribution in [0.2, 0.25) is 0 Å². The first-order valence-electron chi connectivity index (χ1n) is 7.36. The highest BCUT2D eigenvalue weighted by atomic mass is 127. The van der Waals surface area contributed by atoms with E-state index in [0.29, 0.717) is 18.8 Å². The van der Waals surface area contributed by atoms with E-state index >= 15 is 0 Å². The van der Waals surface area contributed by atoms with Crippen LogP contribution in [0.15, 0.2) is 35.0 Å². The lowest BCUT2D eigenvalue weighted by atomic mass is 10.2. The summed E-state index contributed by atoms with van der Waals surface area (Å²) in [5, 5.41) is 5.37. The van der Waals surface area contributed by atoms with Crippen molar-refractivity contribution in [3.05, 3.63) is 38.6 Å². The summed E-state index contributed by atoms with van der Waals surface area (Å²) in [6.45, 7) is 5.20. The van der Waals surface area contributed by atoms with E-state index in [-0.39, 0.29) is 6.09 Å². The van der Waals surface area contributed by atoms with Crippen molar-refractivity contribution in [3.8, 4) is 16.2 Å². The lowest BCUT2D eigenvalue weighted by Crippen LogP contribution is -2.33. The largest absolute Gasteiger partial charge is 0.415 e. The van der Waals surface area contributed by atoms with Gasteiger partial charge in [0, 0.05) is 32.5 Å². The van der Waals surface area contributed by atoms with E-state index in [0.717, 1.165) is 10.1 Å². The van der Waals surface area contributed by atoms with Gasteiger partial charge >= 0.3 is 6.09 Å². The molecule has 1 aromatic carbocycles. The van der Waals surface area contributed by atoms with Crippen LogP contribution < -0.4 is 4.74 Å². The molecule has 0 spiro atoms. The van der Waals surface area contributed by atoms with Crippen molar-refractivity contribution >= 4 is 61.4 Å². The van der Waals surface area contributed by atoms with E-state index in [1.165, 1.54) is 14.0 Å². The zero-order valence-electron chi connectivity index (χ0n) is 12.8. The van der Waals surface area contributed by atoms with Crippen molar-refractivity contribution in [1.29, 1.82) is 0 Å². The van der Waals surface area contributed by atoms with Gasteiger partial charge in [-0.15, -0.1) is 11.3 Å². The summed E-state index contributed by atoms with van der Waals surface area (Å²) in [5.41, 5.74) is 1.22. The summed E-state index contributed by atoms with van der Waals surface area (Å²) in [6.07, 6.45) is -0.289. The number of ether oxygens (including phenoxy) is 1. The third kappa shape index (κ3) is 3.25. The maximum absolute atomic E-state index is 12.2. The van der Waals surface area contributed by atoms with Crippen LogP contribution in [-0.2, 0) is 0 Å². The number of hydrogen-bond acceptors (Lipinski definition) is 4. The maximum atomic E-state index is 12.2. The second-order valence-electron chi connectivity index (χ2n) is 4.93. The molecule has 0 saturated carbocycles. The molecule has 0 unspecified atom stereocenters. The monoisotopic (exact) mass is 457 g/mol. The quantitative estimate of drug-likeness (QED) is 0.445. The maximum Gasteiger partial charge on any atom is 0.415 e. The molecule has 120 valence electrons. The van der Waals surface area contributed by atoms with Crippen LogP contribution >= 0.6 is 45.3 Å². The van der Waals surface area contributed by atoms with Gasteiger partial charge < -0.3 is 9.64 Å². The number of halogens is 1. The number of amides is 1. The van der Waals surface area contributed by atoms with E-state index in [1.807, 2.05) is 26.0 Å². The van der Waals surface area contributed by atoms with Gasteiger partial charge in [-0.1, -0.05) is 12.1 Å². The van der Waals surface area contributed by atoms with Gasteiger partial charge in [-0.05, 0) is 59.3 Å². The number of thiophene rings is 2. The number of hydrogen-bond donors (Lipinski definition) is 0. The second-order valence-corrected chi connectivity index (χ2v) is 7.81. The normalized spacial score (nSPS) is 10.9. The molecule has 0 radical (unpaired) electrons. The first-order chi connectivity index (χ1) is 11.2. The number of carbonyl (C=O) groups is 1. The Balaban J connectivity index is 2.02. The molecule has 0 saturated heterocycles. The zero-order chi connectivity index (χ0) is 16.4. The van der Waals surface area contributed by atoms with E-state index in [4.69, 9.17) is 4.74 Å². The minimum Gasteiger partial charge on any atom is -0.409 e. The first kappa shape index (κ1) is 16.7. The van der Waals surface area contributed by atoms with E-state index in [1.54, 1.807) is 27.6 Å². The second kappa shape index (κ2) is 7.19. The van der Waals surface area contributed by atoms with Gasteiger partial charge in [0.05, 0.1) is 4.70 Å². The molecule has 0 aliphatic heterocycles. The van der Waals surface area contributed by atoms with Crippen LogP contribution in [0.5, 0.6) is 5.75 Å². The summed E-state index contributed by atoms with van der Waals surface area (Å²) < 4.78 is 7.89. The van der Waals surface area contributed by atoms with Crippen LogP contribution in [0.25, 0.3) is 20.5 Å². The molecule has 0 bridgehead atoms. The highest BCUT2D eigenvalue weighted by Gasteiger charge is 2.18. The van der Waals surface area contributed by atoms with Crippen LogP contribution in [0.4, 0.5) is 4.79 Å².